The molecule has 34 heavy (non-hydrogen) atoms. The van der Waals surface area contributed by atoms with E-state index in [4.69, 9.17) is 0 Å². The molecule has 0 spiro atoms. The molecule has 1 saturated heterocycles. The third-order valence-corrected chi connectivity index (χ3v) is 8.58. The molecule has 0 radical (unpaired) electrons. The molecule has 1 aromatic rings. The van der Waals surface area contributed by atoms with Gasteiger partial charge in [0, 0.05) is 26.2 Å². The van der Waals surface area contributed by atoms with Crippen LogP contribution in [0.2, 0.25) is 0 Å². The first kappa shape index (κ1) is 26.3. The molecule has 0 unspecified atom stereocenters. The average molecular weight is 506 g/mol. The first-order valence-corrected chi connectivity index (χ1v) is 12.6. The number of hydrogen-bond acceptors (Lipinski definition) is 4. The minimum atomic E-state index is -4.56. The van der Waals surface area contributed by atoms with Gasteiger partial charge in [0.15, 0.2) is 0 Å². The van der Waals surface area contributed by atoms with Crippen LogP contribution in [0.3, 0.4) is 0 Å². The summed E-state index contributed by atoms with van der Waals surface area (Å²) >= 11 is 0. The van der Waals surface area contributed by atoms with E-state index < -0.39 is 39.8 Å². The SMILES string of the molecule is CC(C)C[C@@H](C(=O)N[C@H]1CC[C@@H]2CN(S(=O)(=O)c3ccc(C(F)(F)F)cc3)C[C@@H]21)N(C)C(=O)O. The number of likely N-dealkylation sites (N-methyl/N-ethyl adjacent to an activating group) is 1. The lowest BCUT2D eigenvalue weighted by Crippen LogP contribution is -2.51. The highest BCUT2D eigenvalue weighted by Gasteiger charge is 2.47. The summed E-state index contributed by atoms with van der Waals surface area (Å²) in [5.41, 5.74) is -0.921. The van der Waals surface area contributed by atoms with E-state index in [1.54, 1.807) is 0 Å². The maximum absolute atomic E-state index is 13.0. The van der Waals surface area contributed by atoms with Gasteiger partial charge >= 0.3 is 12.3 Å². The van der Waals surface area contributed by atoms with Crippen LogP contribution in [0, 0.1) is 17.8 Å². The molecule has 2 N–H and O–H groups in total. The Labute approximate surface area is 197 Å². The Morgan fingerprint density at radius 1 is 1.18 bits per heavy atom. The molecule has 2 aliphatic rings. The average Bonchev–Trinajstić information content (AvgIpc) is 3.33. The summed E-state index contributed by atoms with van der Waals surface area (Å²) in [5, 5.41) is 12.3. The number of carbonyl (C=O) groups excluding carboxylic acids is 1. The van der Waals surface area contributed by atoms with Gasteiger partial charge < -0.3 is 10.4 Å². The second-order valence-corrected chi connectivity index (χ2v) is 11.4. The van der Waals surface area contributed by atoms with Gasteiger partial charge in [-0.1, -0.05) is 13.8 Å². The molecule has 1 aliphatic heterocycles. The van der Waals surface area contributed by atoms with Crippen molar-refractivity contribution in [2.45, 2.75) is 56.3 Å². The van der Waals surface area contributed by atoms with Crippen molar-refractivity contribution in [3.8, 4) is 0 Å². The van der Waals surface area contributed by atoms with Crippen molar-refractivity contribution in [2.75, 3.05) is 20.1 Å². The monoisotopic (exact) mass is 505 g/mol. The van der Waals surface area contributed by atoms with Crippen molar-refractivity contribution >= 4 is 22.0 Å². The van der Waals surface area contributed by atoms with Gasteiger partial charge in [-0.15, -0.1) is 0 Å². The van der Waals surface area contributed by atoms with E-state index in [0.717, 1.165) is 29.2 Å². The Morgan fingerprint density at radius 2 is 1.79 bits per heavy atom. The predicted octanol–water partition coefficient (Wildman–Crippen LogP) is 3.25. The Morgan fingerprint density at radius 3 is 2.32 bits per heavy atom. The van der Waals surface area contributed by atoms with E-state index in [0.29, 0.717) is 19.3 Å². The normalized spacial score (nSPS) is 24.1. The largest absolute Gasteiger partial charge is 0.465 e. The number of nitrogens with zero attached hydrogens (tertiary/aromatic N) is 2. The number of fused-ring (bicyclic) bond motifs is 1. The standard InChI is InChI=1S/C22H30F3N3O5S/c1-13(2)10-19(27(3)21(30)31)20(29)26-18-9-4-14-11-28(12-17(14)18)34(32,33)16-7-5-15(6-8-16)22(23,24)25/h5-8,13-14,17-19H,4,9-12H2,1-3H3,(H,26,29)(H,30,31)/t14-,17+,18+,19+/m1/s1. The van der Waals surface area contributed by atoms with Crippen molar-refractivity contribution in [3.63, 3.8) is 0 Å². The van der Waals surface area contributed by atoms with Gasteiger partial charge in [-0.25, -0.2) is 13.2 Å². The maximum atomic E-state index is 13.0. The first-order valence-electron chi connectivity index (χ1n) is 11.1. The molecule has 0 bridgehead atoms. The molecule has 12 heteroatoms. The highest BCUT2D eigenvalue weighted by Crippen LogP contribution is 2.40. The fourth-order valence-corrected chi connectivity index (χ4v) is 6.40. The van der Waals surface area contributed by atoms with Crippen molar-refractivity contribution in [3.05, 3.63) is 29.8 Å². The van der Waals surface area contributed by atoms with Crippen LogP contribution in [-0.2, 0) is 21.0 Å². The summed E-state index contributed by atoms with van der Waals surface area (Å²) in [7, 11) is -2.64. The Balaban J connectivity index is 1.70. The highest BCUT2D eigenvalue weighted by atomic mass is 32.2. The van der Waals surface area contributed by atoms with Crippen LogP contribution in [0.25, 0.3) is 0 Å². The van der Waals surface area contributed by atoms with Crippen molar-refractivity contribution in [1.29, 1.82) is 0 Å². The van der Waals surface area contributed by atoms with Crippen LogP contribution in [0.15, 0.2) is 29.2 Å². The second kappa shape index (κ2) is 9.73. The Hall–Kier alpha value is -2.34. The van der Waals surface area contributed by atoms with E-state index in [9.17, 15) is 36.3 Å². The van der Waals surface area contributed by atoms with Gasteiger partial charge in [0.25, 0.3) is 0 Å². The third-order valence-electron chi connectivity index (χ3n) is 6.74. The molecule has 190 valence electrons. The van der Waals surface area contributed by atoms with Crippen LogP contribution in [0.4, 0.5) is 18.0 Å². The number of carbonyl (C=O) groups is 2. The summed E-state index contributed by atoms with van der Waals surface area (Å²) in [4.78, 5) is 25.1. The van der Waals surface area contributed by atoms with Gasteiger partial charge in [0.2, 0.25) is 15.9 Å². The number of hydrogen-bond donors (Lipinski definition) is 2. The topological polar surface area (TPSA) is 107 Å². The maximum Gasteiger partial charge on any atom is 0.416 e. The van der Waals surface area contributed by atoms with Gasteiger partial charge in [-0.3, -0.25) is 9.69 Å². The molecule has 4 atom stereocenters. The third kappa shape index (κ3) is 5.48. The lowest BCUT2D eigenvalue weighted by Gasteiger charge is -2.29. The molecule has 2 fully saturated rings. The fraction of sp³-hybridized carbons (Fsp3) is 0.636. The van der Waals surface area contributed by atoms with Gasteiger partial charge in [0.05, 0.1) is 10.5 Å². The summed E-state index contributed by atoms with van der Waals surface area (Å²) < 4.78 is 65.8. The molecule has 2 amide bonds. The van der Waals surface area contributed by atoms with E-state index in [1.165, 1.54) is 11.4 Å². The van der Waals surface area contributed by atoms with Crippen LogP contribution in [-0.4, -0.2) is 67.0 Å². The highest BCUT2D eigenvalue weighted by molar-refractivity contribution is 7.89. The predicted molar refractivity (Wildman–Crippen MR) is 117 cm³/mol. The second-order valence-electron chi connectivity index (χ2n) is 9.50. The van der Waals surface area contributed by atoms with Crippen molar-refractivity contribution < 1.29 is 36.3 Å². The van der Waals surface area contributed by atoms with Crippen molar-refractivity contribution in [1.82, 2.24) is 14.5 Å². The number of nitrogens with one attached hydrogen (secondary N) is 1. The lowest BCUT2D eigenvalue weighted by atomic mass is 9.96. The lowest BCUT2D eigenvalue weighted by molar-refractivity contribution is -0.137. The molecule has 8 nitrogen and oxygen atoms in total. The summed E-state index contributed by atoms with van der Waals surface area (Å²) in [6.07, 6.45) is -4.07. The number of sulfonamides is 1. The quantitative estimate of drug-likeness (QED) is 0.592. The molecule has 3 rings (SSSR count). The zero-order valence-electron chi connectivity index (χ0n) is 19.2. The Kier molecular flexibility index (Phi) is 7.51. The molecular formula is C22H30F3N3O5S. The molecule has 1 saturated carbocycles. The minimum absolute atomic E-state index is 0.00951. The fourth-order valence-electron chi connectivity index (χ4n) is 4.86. The van der Waals surface area contributed by atoms with Crippen LogP contribution < -0.4 is 5.32 Å². The molecule has 0 aromatic heterocycles. The number of carboxylic acid groups (broad SMARTS) is 1. The van der Waals surface area contributed by atoms with Gasteiger partial charge in [-0.2, -0.15) is 17.5 Å². The van der Waals surface area contributed by atoms with E-state index >= 15 is 0 Å². The van der Waals surface area contributed by atoms with Gasteiger partial charge in [-0.05, 0) is 61.3 Å². The molecule has 1 aromatic carbocycles. The minimum Gasteiger partial charge on any atom is -0.465 e. The first-order chi connectivity index (χ1) is 15.7. The van der Waals surface area contributed by atoms with E-state index in [2.05, 4.69) is 5.32 Å². The van der Waals surface area contributed by atoms with E-state index in [-0.39, 0.29) is 41.8 Å². The van der Waals surface area contributed by atoms with Crippen molar-refractivity contribution in [2.24, 2.45) is 17.8 Å². The molecular weight excluding hydrogens is 475 g/mol. The summed E-state index contributed by atoms with van der Waals surface area (Å²) in [5.74, 6) is -0.462. The number of halogens is 3. The zero-order chi connectivity index (χ0) is 25.4. The number of amides is 2. The summed E-state index contributed by atoms with van der Waals surface area (Å²) in [6.45, 7) is 4.15. The zero-order valence-corrected chi connectivity index (χ0v) is 20.1. The number of benzene rings is 1. The molecule has 1 aliphatic carbocycles. The smallest absolute Gasteiger partial charge is 0.416 e. The Bertz CT molecular complexity index is 1010. The molecule has 1 heterocycles. The van der Waals surface area contributed by atoms with Crippen LogP contribution in [0.5, 0.6) is 0 Å². The van der Waals surface area contributed by atoms with Crippen LogP contribution >= 0.6 is 0 Å². The van der Waals surface area contributed by atoms with Crippen LogP contribution in [0.1, 0.15) is 38.7 Å². The summed E-state index contributed by atoms with van der Waals surface area (Å²) in [6, 6.07) is 2.27. The van der Waals surface area contributed by atoms with Gasteiger partial charge in [0.1, 0.15) is 6.04 Å². The van der Waals surface area contributed by atoms with E-state index in [1.807, 2.05) is 13.8 Å². The number of rotatable bonds is 7. The number of alkyl halides is 3.